The Hall–Kier alpha value is -4.75. The van der Waals surface area contributed by atoms with Crippen LogP contribution in [0.3, 0.4) is 0 Å². The van der Waals surface area contributed by atoms with Gasteiger partial charge in [0.15, 0.2) is 5.65 Å². The van der Waals surface area contributed by atoms with Crippen molar-refractivity contribution >= 4 is 46.1 Å². The molecule has 4 aromatic rings. The second-order valence-corrected chi connectivity index (χ2v) is 12.5. The van der Waals surface area contributed by atoms with Crippen molar-refractivity contribution in [3.05, 3.63) is 36.5 Å². The van der Waals surface area contributed by atoms with Gasteiger partial charge in [-0.15, -0.1) is 5.10 Å². The molecule has 14 heteroatoms. The van der Waals surface area contributed by atoms with Crippen molar-refractivity contribution in [3.8, 4) is 5.75 Å². The smallest absolute Gasteiger partial charge is 0.435 e. The van der Waals surface area contributed by atoms with Crippen molar-refractivity contribution in [1.29, 1.82) is 0 Å². The normalized spacial score (nSPS) is 16.9. The van der Waals surface area contributed by atoms with Gasteiger partial charge in [0, 0.05) is 13.1 Å². The molecule has 1 N–H and O–H groups in total. The number of hydrogen-bond acceptors (Lipinski definition) is 11. The number of phenolic OH excluding ortho intramolecular Hbond substituents is 1. The summed E-state index contributed by atoms with van der Waals surface area (Å²) in [6.07, 6.45) is 2.15. The van der Waals surface area contributed by atoms with Crippen LogP contribution in [-0.4, -0.2) is 81.8 Å². The Morgan fingerprint density at radius 2 is 1.64 bits per heavy atom. The lowest BCUT2D eigenvalue weighted by atomic mass is 9.86. The molecule has 1 spiro atoms. The van der Waals surface area contributed by atoms with Crippen LogP contribution in [0.2, 0.25) is 0 Å². The molecule has 14 nitrogen and oxygen atoms in total. The van der Waals surface area contributed by atoms with Crippen molar-refractivity contribution in [2.45, 2.75) is 71.1 Å². The minimum absolute atomic E-state index is 0.0519. The summed E-state index contributed by atoms with van der Waals surface area (Å²) < 4.78 is 13.6. The highest BCUT2D eigenvalue weighted by Gasteiger charge is 2.57. The molecule has 5 heterocycles. The number of aromatic nitrogens is 6. The van der Waals surface area contributed by atoms with E-state index in [0.717, 1.165) is 9.58 Å². The molecule has 3 aromatic heterocycles. The molecule has 6 rings (SSSR count). The third-order valence-electron chi connectivity index (χ3n) is 7.23. The van der Waals surface area contributed by atoms with Gasteiger partial charge in [0.25, 0.3) is 0 Å². The number of para-hydroxylation sites is 1. The van der Waals surface area contributed by atoms with Crippen LogP contribution < -0.4 is 4.90 Å². The van der Waals surface area contributed by atoms with E-state index in [-0.39, 0.29) is 5.75 Å². The van der Waals surface area contributed by atoms with Gasteiger partial charge in [0.1, 0.15) is 46.0 Å². The molecule has 0 aliphatic carbocycles. The zero-order chi connectivity index (χ0) is 30.2. The number of phenols is 1. The Bertz CT molecular complexity index is 1750. The van der Waals surface area contributed by atoms with E-state index in [0.29, 0.717) is 59.6 Å². The molecule has 0 atom stereocenters. The number of fused-ring (bicyclic) bond motifs is 5. The Labute approximate surface area is 240 Å². The largest absolute Gasteiger partial charge is 0.506 e. The monoisotopic (exact) mass is 576 g/mol. The number of benzene rings is 1. The van der Waals surface area contributed by atoms with Gasteiger partial charge >= 0.3 is 18.2 Å². The second-order valence-electron chi connectivity index (χ2n) is 12.5. The fraction of sp³-hybridized carbons (Fsp3) is 0.464. The van der Waals surface area contributed by atoms with E-state index in [1.807, 2.05) is 4.90 Å². The summed E-state index contributed by atoms with van der Waals surface area (Å²) in [6.45, 7) is 11.3. The van der Waals surface area contributed by atoms with Crippen LogP contribution in [0.15, 0.2) is 30.7 Å². The molecular weight excluding hydrogens is 544 g/mol. The lowest BCUT2D eigenvalue weighted by molar-refractivity contribution is 0.00876. The third kappa shape index (κ3) is 4.37. The molecule has 2 aliphatic rings. The number of ether oxygens (including phenoxy) is 2. The fourth-order valence-electron chi connectivity index (χ4n) is 5.55. The van der Waals surface area contributed by atoms with Crippen LogP contribution in [-0.2, 0) is 15.0 Å². The van der Waals surface area contributed by atoms with Gasteiger partial charge < -0.3 is 19.5 Å². The zero-order valence-corrected chi connectivity index (χ0v) is 24.3. The first-order valence-electron chi connectivity index (χ1n) is 13.7. The van der Waals surface area contributed by atoms with Crippen molar-refractivity contribution in [2.24, 2.45) is 0 Å². The lowest BCUT2D eigenvalue weighted by Crippen LogP contribution is -2.55. The number of nitrogens with zero attached hydrogens (tertiary/aromatic N) is 8. The van der Waals surface area contributed by atoms with Crippen LogP contribution in [0, 0.1) is 0 Å². The van der Waals surface area contributed by atoms with Gasteiger partial charge in [-0.3, -0.25) is 0 Å². The maximum atomic E-state index is 13.9. The van der Waals surface area contributed by atoms with Crippen LogP contribution in [0.4, 0.5) is 20.2 Å². The molecule has 1 saturated heterocycles. The minimum atomic E-state index is -1.12. The van der Waals surface area contributed by atoms with Gasteiger partial charge in [-0.05, 0) is 66.5 Å². The number of carbonyl (C=O) groups is 3. The van der Waals surface area contributed by atoms with Crippen molar-refractivity contribution < 1.29 is 29.0 Å². The molecule has 0 unspecified atom stereocenters. The summed E-state index contributed by atoms with van der Waals surface area (Å²) in [6, 6.07) is 4.24. The van der Waals surface area contributed by atoms with Crippen molar-refractivity contribution in [3.63, 3.8) is 0 Å². The number of amides is 2. The zero-order valence-electron chi connectivity index (χ0n) is 24.3. The predicted octanol–water partition coefficient (Wildman–Crippen LogP) is 4.38. The number of carbonyl (C=O) groups excluding carboxylic acids is 3. The van der Waals surface area contributed by atoms with Crippen LogP contribution in [0.1, 0.15) is 60.2 Å². The average molecular weight is 577 g/mol. The highest BCUT2D eigenvalue weighted by atomic mass is 16.6. The molecule has 42 heavy (non-hydrogen) atoms. The second kappa shape index (κ2) is 9.13. The Balaban J connectivity index is 1.37. The van der Waals surface area contributed by atoms with E-state index in [1.165, 1.54) is 23.2 Å². The summed E-state index contributed by atoms with van der Waals surface area (Å²) in [5.41, 5.74) is -1.61. The van der Waals surface area contributed by atoms with E-state index in [1.54, 1.807) is 53.7 Å². The first-order valence-corrected chi connectivity index (χ1v) is 13.7. The first-order chi connectivity index (χ1) is 19.7. The summed E-state index contributed by atoms with van der Waals surface area (Å²) in [7, 11) is 0. The summed E-state index contributed by atoms with van der Waals surface area (Å²) in [5.74, 6) is 0.882. The highest BCUT2D eigenvalue weighted by Crippen LogP contribution is 2.47. The maximum Gasteiger partial charge on any atom is 0.435 e. The van der Waals surface area contributed by atoms with Gasteiger partial charge in [0.05, 0.1) is 17.1 Å². The number of piperidine rings is 1. The third-order valence-corrected chi connectivity index (χ3v) is 7.23. The number of aromatic hydroxyl groups is 1. The van der Waals surface area contributed by atoms with E-state index >= 15 is 0 Å². The van der Waals surface area contributed by atoms with Crippen molar-refractivity contribution in [2.75, 3.05) is 18.0 Å². The molecule has 0 radical (unpaired) electrons. The van der Waals surface area contributed by atoms with Crippen LogP contribution >= 0.6 is 0 Å². The Morgan fingerprint density at radius 1 is 0.976 bits per heavy atom. The number of imide groups is 1. The summed E-state index contributed by atoms with van der Waals surface area (Å²) in [5, 5.41) is 15.3. The van der Waals surface area contributed by atoms with E-state index in [4.69, 9.17) is 9.47 Å². The number of imidazole rings is 1. The van der Waals surface area contributed by atoms with Gasteiger partial charge in [-0.1, -0.05) is 6.07 Å². The molecular formula is C28H32N8O6. The topological polar surface area (TPSA) is 158 Å². The van der Waals surface area contributed by atoms with Gasteiger partial charge in [-0.2, -0.15) is 4.68 Å². The summed E-state index contributed by atoms with van der Waals surface area (Å²) in [4.78, 5) is 56.6. The standard InChI is InChI=1S/C28H32N8O6/c1-26(2,3)41-24(39)34-14-16-20(32-34)29-15-30-21(16)33-12-10-28(11-13-33)22-31-19-17(8-7-9-18(19)37)35(22)23(38)36(28)25(40)42-27(4,5)6/h7-9,14-15,37H,10-13H2,1-6H3. The minimum Gasteiger partial charge on any atom is -0.506 e. The fourth-order valence-corrected chi connectivity index (χ4v) is 5.55. The molecule has 0 bridgehead atoms. The Morgan fingerprint density at radius 3 is 2.31 bits per heavy atom. The van der Waals surface area contributed by atoms with E-state index < -0.39 is 35.0 Å². The van der Waals surface area contributed by atoms with Gasteiger partial charge in [-0.25, -0.2) is 38.8 Å². The summed E-state index contributed by atoms with van der Waals surface area (Å²) >= 11 is 0. The van der Waals surface area contributed by atoms with Crippen LogP contribution in [0.25, 0.3) is 22.1 Å². The number of hydrogen-bond donors (Lipinski definition) is 1. The molecule has 2 amide bonds. The number of rotatable bonds is 1. The molecule has 2 aliphatic heterocycles. The first kappa shape index (κ1) is 27.4. The molecule has 0 saturated carbocycles. The molecule has 1 fully saturated rings. The molecule has 1 aromatic carbocycles. The quantitative estimate of drug-likeness (QED) is 0.343. The predicted molar refractivity (Wildman–Crippen MR) is 150 cm³/mol. The number of anilines is 1. The van der Waals surface area contributed by atoms with E-state index in [9.17, 15) is 19.5 Å². The Kier molecular flexibility index (Phi) is 5.96. The average Bonchev–Trinajstić information content (AvgIpc) is 3.55. The van der Waals surface area contributed by atoms with Crippen molar-refractivity contribution in [1.82, 2.24) is 34.2 Å². The lowest BCUT2D eigenvalue weighted by Gasteiger charge is -2.42. The van der Waals surface area contributed by atoms with Crippen LogP contribution in [0.5, 0.6) is 5.75 Å². The SMILES string of the molecule is CC(C)(C)OC(=O)N1C(=O)n2c(nc3c(O)cccc32)C12CCN(c1ncnc3nn(C(=O)OC(C)(C)C)cc13)CC2. The highest BCUT2D eigenvalue weighted by molar-refractivity contribution is 6.02. The van der Waals surface area contributed by atoms with E-state index in [2.05, 4.69) is 20.1 Å². The maximum absolute atomic E-state index is 13.9. The van der Waals surface area contributed by atoms with Gasteiger partial charge in [0.2, 0.25) is 0 Å². The molecule has 220 valence electrons.